The maximum atomic E-state index is 14.6. The van der Waals surface area contributed by atoms with Gasteiger partial charge < -0.3 is 10.1 Å². The summed E-state index contributed by atoms with van der Waals surface area (Å²) in [5.41, 5.74) is -0.698. The maximum Gasteiger partial charge on any atom is 0.422 e. The lowest BCUT2D eigenvalue weighted by atomic mass is 10.0. The van der Waals surface area contributed by atoms with Crippen molar-refractivity contribution in [2.75, 3.05) is 13.2 Å². The van der Waals surface area contributed by atoms with Crippen molar-refractivity contribution in [1.29, 1.82) is 0 Å². The lowest BCUT2D eigenvalue weighted by molar-refractivity contribution is -0.153. The molecule has 1 aliphatic rings. The van der Waals surface area contributed by atoms with Crippen LogP contribution in [0.1, 0.15) is 37.2 Å². The largest absolute Gasteiger partial charge is 0.484 e. The molecule has 11 heteroatoms. The molecule has 1 aromatic heterocycles. The highest BCUT2D eigenvalue weighted by Crippen LogP contribution is 2.32. The Hall–Kier alpha value is -2.98. The second kappa shape index (κ2) is 8.04. The lowest BCUT2D eigenvalue weighted by Gasteiger charge is -2.21. The van der Waals surface area contributed by atoms with Crippen LogP contribution in [-0.2, 0) is 10.7 Å². The van der Waals surface area contributed by atoms with E-state index in [1.54, 1.807) is 0 Å². The normalized spacial score (nSPS) is 17.1. The first-order valence-corrected chi connectivity index (χ1v) is 9.09. The Morgan fingerprint density at radius 1 is 1.17 bits per heavy atom. The number of ether oxygens (including phenoxy) is 1. The summed E-state index contributed by atoms with van der Waals surface area (Å²) in [5.74, 6) is -5.13. The predicted octanol–water partition coefficient (Wildman–Crippen LogP) is 3.28. The first-order chi connectivity index (χ1) is 14.0. The van der Waals surface area contributed by atoms with Gasteiger partial charge in [0, 0.05) is 31.4 Å². The van der Waals surface area contributed by atoms with E-state index in [2.05, 4.69) is 15.0 Å². The van der Waals surface area contributed by atoms with E-state index >= 15 is 0 Å². The molecule has 0 radical (unpaired) electrons. The number of nitrogens with zero attached hydrogens (tertiary/aromatic N) is 2. The van der Waals surface area contributed by atoms with Gasteiger partial charge in [-0.2, -0.15) is 22.0 Å². The molecular weight excluding hydrogens is 413 g/mol. The molecule has 3 rings (SSSR count). The number of hydrogen-bond donors (Lipinski definition) is 1. The van der Waals surface area contributed by atoms with Gasteiger partial charge in [-0.1, -0.05) is 6.92 Å². The number of rotatable bonds is 6. The zero-order valence-corrected chi connectivity index (χ0v) is 15.8. The molecule has 1 unspecified atom stereocenters. The monoisotopic (exact) mass is 431 g/mol. The summed E-state index contributed by atoms with van der Waals surface area (Å²) in [4.78, 5) is 28.1. The predicted molar refractivity (Wildman–Crippen MR) is 95.9 cm³/mol. The van der Waals surface area contributed by atoms with Crippen LogP contribution in [0.4, 0.5) is 22.0 Å². The van der Waals surface area contributed by atoms with Crippen molar-refractivity contribution in [2.24, 2.45) is 0 Å². The summed E-state index contributed by atoms with van der Waals surface area (Å²) in [5, 5.41) is 2.57. The van der Waals surface area contributed by atoms with Gasteiger partial charge in [0.15, 0.2) is 12.4 Å². The molecule has 1 aliphatic heterocycles. The molecule has 1 N–H and O–H groups in total. The summed E-state index contributed by atoms with van der Waals surface area (Å²) in [6.45, 7) is -0.0780. The van der Waals surface area contributed by atoms with Crippen molar-refractivity contribution < 1.29 is 31.5 Å². The Balaban J connectivity index is 2.01. The smallest absolute Gasteiger partial charge is 0.422 e. The third-order valence-electron chi connectivity index (χ3n) is 4.60. The van der Waals surface area contributed by atoms with Crippen molar-refractivity contribution in [3.63, 3.8) is 0 Å². The Labute approximate surface area is 167 Å². The molecular formula is C19H18F5N3O3. The lowest BCUT2D eigenvalue weighted by Crippen LogP contribution is -2.31. The van der Waals surface area contributed by atoms with Crippen molar-refractivity contribution in [3.8, 4) is 11.4 Å². The van der Waals surface area contributed by atoms with Crippen LogP contribution in [0, 0.1) is 0 Å². The number of nitrogens with one attached hydrogen (secondary N) is 1. The Kier molecular flexibility index (Phi) is 5.82. The summed E-state index contributed by atoms with van der Waals surface area (Å²) in [6.07, 6.45) is -5.11. The van der Waals surface area contributed by atoms with Crippen molar-refractivity contribution in [1.82, 2.24) is 14.9 Å². The fourth-order valence-corrected chi connectivity index (χ4v) is 3.03. The van der Waals surface area contributed by atoms with E-state index in [9.17, 15) is 31.5 Å². The van der Waals surface area contributed by atoms with E-state index < -0.39 is 42.4 Å². The fraction of sp³-hybridized carbons (Fsp3) is 0.421. The molecule has 30 heavy (non-hydrogen) atoms. The summed E-state index contributed by atoms with van der Waals surface area (Å²) < 4.78 is 71.4. The number of hydrogen-bond acceptors (Lipinski definition) is 4. The van der Waals surface area contributed by atoms with Gasteiger partial charge >= 0.3 is 12.1 Å². The van der Waals surface area contributed by atoms with E-state index in [1.165, 1.54) is 19.1 Å². The van der Waals surface area contributed by atoms with Gasteiger partial charge in [0.2, 0.25) is 5.91 Å². The molecule has 162 valence electrons. The molecule has 0 spiro atoms. The summed E-state index contributed by atoms with van der Waals surface area (Å²) in [7, 11) is 0. The average molecular weight is 431 g/mol. The summed E-state index contributed by atoms with van der Waals surface area (Å²) in [6, 6.07) is 5.78. The number of benzene rings is 1. The second-order valence-corrected chi connectivity index (χ2v) is 6.84. The number of halogens is 5. The molecule has 0 saturated carbocycles. The van der Waals surface area contributed by atoms with Crippen LogP contribution in [-0.4, -0.2) is 34.8 Å². The number of amides is 1. The van der Waals surface area contributed by atoms with Gasteiger partial charge in [-0.3, -0.25) is 14.2 Å². The van der Waals surface area contributed by atoms with Gasteiger partial charge in [0.05, 0.1) is 11.4 Å². The summed E-state index contributed by atoms with van der Waals surface area (Å²) >= 11 is 0. The molecule has 1 aromatic carbocycles. The van der Waals surface area contributed by atoms with Crippen molar-refractivity contribution in [3.05, 3.63) is 52.2 Å². The SMILES string of the molecule is CCC(F)(F)c1nc(C2CNC(=O)C2)cc(=O)n1-c1ccc(OCC(F)(F)F)cc1. The van der Waals surface area contributed by atoms with Crippen LogP contribution in [0.5, 0.6) is 5.75 Å². The standard InChI is InChI=1S/C19H18F5N3O3/c1-2-18(20,21)17-26-14(11-7-15(28)25-9-11)8-16(29)27(17)12-3-5-13(6-4-12)30-10-19(22,23)24/h3-6,8,11H,2,7,9-10H2,1H3,(H,25,28). The van der Waals surface area contributed by atoms with Crippen molar-refractivity contribution in [2.45, 2.75) is 37.8 Å². The first kappa shape index (κ1) is 21.7. The van der Waals surface area contributed by atoms with Gasteiger partial charge in [0.25, 0.3) is 5.56 Å². The minimum Gasteiger partial charge on any atom is -0.484 e. The van der Waals surface area contributed by atoms with Crippen molar-refractivity contribution >= 4 is 5.91 Å². The minimum absolute atomic E-state index is 0.00200. The highest BCUT2D eigenvalue weighted by molar-refractivity contribution is 5.79. The molecule has 1 amide bonds. The molecule has 2 heterocycles. The van der Waals surface area contributed by atoms with E-state index in [4.69, 9.17) is 0 Å². The number of aromatic nitrogens is 2. The van der Waals surface area contributed by atoms with Crippen LogP contribution in [0.3, 0.4) is 0 Å². The van der Waals surface area contributed by atoms with E-state index in [0.29, 0.717) is 4.57 Å². The number of carbonyl (C=O) groups excluding carboxylic acids is 1. The van der Waals surface area contributed by atoms with E-state index in [1.807, 2.05) is 0 Å². The maximum absolute atomic E-state index is 14.6. The quantitative estimate of drug-likeness (QED) is 0.713. The van der Waals surface area contributed by atoms with Crippen LogP contribution < -0.4 is 15.6 Å². The van der Waals surface area contributed by atoms with Gasteiger partial charge in [-0.25, -0.2) is 4.98 Å². The fourth-order valence-electron chi connectivity index (χ4n) is 3.03. The van der Waals surface area contributed by atoms with E-state index in [-0.39, 0.29) is 36.0 Å². The minimum atomic E-state index is -4.53. The molecule has 0 bridgehead atoms. The zero-order valence-electron chi connectivity index (χ0n) is 15.8. The van der Waals surface area contributed by atoms with Crippen LogP contribution in [0.25, 0.3) is 5.69 Å². The first-order valence-electron chi connectivity index (χ1n) is 9.09. The molecule has 1 saturated heterocycles. The molecule has 0 aliphatic carbocycles. The highest BCUT2D eigenvalue weighted by atomic mass is 19.4. The number of alkyl halides is 5. The van der Waals surface area contributed by atoms with Crippen LogP contribution in [0.15, 0.2) is 35.1 Å². The third kappa shape index (κ3) is 4.77. The van der Waals surface area contributed by atoms with Gasteiger partial charge in [-0.15, -0.1) is 0 Å². The third-order valence-corrected chi connectivity index (χ3v) is 4.60. The van der Waals surface area contributed by atoms with Crippen LogP contribution in [0.2, 0.25) is 0 Å². The van der Waals surface area contributed by atoms with Crippen LogP contribution >= 0.6 is 0 Å². The Morgan fingerprint density at radius 3 is 2.37 bits per heavy atom. The van der Waals surface area contributed by atoms with E-state index in [0.717, 1.165) is 18.2 Å². The average Bonchev–Trinajstić information content (AvgIpc) is 3.12. The van der Waals surface area contributed by atoms with Gasteiger partial charge in [0.1, 0.15) is 5.75 Å². The molecule has 1 fully saturated rings. The Bertz CT molecular complexity index is 986. The number of carbonyl (C=O) groups is 1. The Morgan fingerprint density at radius 2 is 1.83 bits per heavy atom. The second-order valence-electron chi connectivity index (χ2n) is 6.84. The molecule has 6 nitrogen and oxygen atoms in total. The zero-order chi connectivity index (χ0) is 22.1. The van der Waals surface area contributed by atoms with Gasteiger partial charge in [-0.05, 0) is 24.3 Å². The molecule has 1 atom stereocenters. The molecule has 2 aromatic rings. The topological polar surface area (TPSA) is 73.2 Å². The highest BCUT2D eigenvalue weighted by Gasteiger charge is 2.37.